The average Bonchev–Trinajstić information content (AvgIpc) is 3.39. The van der Waals surface area contributed by atoms with E-state index in [9.17, 15) is 26.7 Å². The van der Waals surface area contributed by atoms with Crippen molar-refractivity contribution >= 4 is 22.7 Å². The number of carbonyl (C=O) groups is 1. The number of carbonyl (C=O) groups excluding carboxylic acids is 1. The van der Waals surface area contributed by atoms with Gasteiger partial charge in [-0.1, -0.05) is 31.2 Å². The van der Waals surface area contributed by atoms with Crippen molar-refractivity contribution in [2.45, 2.75) is 45.0 Å². The molecule has 0 saturated heterocycles. The van der Waals surface area contributed by atoms with E-state index >= 15 is 0 Å². The van der Waals surface area contributed by atoms with Crippen LogP contribution in [0.1, 0.15) is 43.0 Å². The van der Waals surface area contributed by atoms with Gasteiger partial charge in [0, 0.05) is 17.0 Å². The number of benzene rings is 2. The highest BCUT2D eigenvalue weighted by Gasteiger charge is 2.55. The van der Waals surface area contributed by atoms with E-state index in [1.165, 1.54) is 12.1 Å². The molecule has 0 radical (unpaired) electrons. The normalized spacial score (nSPS) is 22.0. The Morgan fingerprint density at radius 2 is 1.94 bits per heavy atom. The fourth-order valence-corrected chi connectivity index (χ4v) is 4.07. The second-order valence-electron chi connectivity index (χ2n) is 8.18. The zero-order valence-electron chi connectivity index (χ0n) is 17.8. The van der Waals surface area contributed by atoms with Crippen molar-refractivity contribution in [3.05, 3.63) is 59.2 Å². The molecule has 1 saturated carbocycles. The number of rotatable bonds is 8. The van der Waals surface area contributed by atoms with E-state index in [1.807, 2.05) is 32.9 Å². The molecule has 2 aromatic rings. The van der Waals surface area contributed by atoms with Crippen LogP contribution in [0.2, 0.25) is 0 Å². The van der Waals surface area contributed by atoms with Crippen LogP contribution in [-0.4, -0.2) is 26.9 Å². The summed E-state index contributed by atoms with van der Waals surface area (Å²) in [5.74, 6) is -0.892. The number of nitrogens with one attached hydrogen (secondary N) is 2. The second-order valence-corrected chi connectivity index (χ2v) is 9.07. The minimum atomic E-state index is -4.75. The lowest BCUT2D eigenvalue weighted by atomic mass is 9.95. The molecule has 2 N–H and O–H groups in total. The molecule has 0 spiro atoms. The number of amides is 1. The maximum Gasteiger partial charge on any atom is 0.573 e. The summed E-state index contributed by atoms with van der Waals surface area (Å²) in [5.41, 5.74) is 2.76. The Morgan fingerprint density at radius 1 is 1.28 bits per heavy atom. The molecule has 1 aliphatic rings. The van der Waals surface area contributed by atoms with E-state index in [-0.39, 0.29) is 29.5 Å². The molecular weight excluding hydrogens is 445 g/mol. The zero-order valence-corrected chi connectivity index (χ0v) is 18.6. The number of alkyl halides is 3. The van der Waals surface area contributed by atoms with Crippen molar-refractivity contribution in [1.82, 2.24) is 5.32 Å². The van der Waals surface area contributed by atoms with Crippen molar-refractivity contribution < 1.29 is 31.5 Å². The maximum absolute atomic E-state index is 12.8. The molecular formula is C22H24F3N2O4S-. The van der Waals surface area contributed by atoms with E-state index < -0.39 is 22.9 Å². The molecule has 32 heavy (non-hydrogen) atoms. The molecule has 174 valence electrons. The van der Waals surface area contributed by atoms with E-state index in [1.54, 1.807) is 18.2 Å². The highest BCUT2D eigenvalue weighted by atomic mass is 32.2. The second kappa shape index (κ2) is 9.11. The van der Waals surface area contributed by atoms with Crippen LogP contribution >= 0.6 is 0 Å². The summed E-state index contributed by atoms with van der Waals surface area (Å²) in [6.07, 6.45) is -4.15. The minimum Gasteiger partial charge on any atom is -0.771 e. The van der Waals surface area contributed by atoms with Gasteiger partial charge < -0.3 is 19.9 Å². The van der Waals surface area contributed by atoms with E-state index in [2.05, 4.69) is 15.4 Å². The van der Waals surface area contributed by atoms with Crippen LogP contribution in [-0.2, 0) is 21.3 Å². The van der Waals surface area contributed by atoms with Crippen LogP contribution in [0.5, 0.6) is 5.75 Å². The Hall–Kier alpha value is -2.59. The Kier molecular flexibility index (Phi) is 6.85. The van der Waals surface area contributed by atoms with Gasteiger partial charge in [-0.05, 0) is 66.2 Å². The Labute approximate surface area is 186 Å². The molecule has 3 rings (SSSR count). The topological polar surface area (TPSA) is 90.5 Å². The number of halogens is 3. The maximum atomic E-state index is 12.8. The summed E-state index contributed by atoms with van der Waals surface area (Å²) in [6.45, 7) is 5.61. The standard InChI is InChI=1S/C22H25F3N2O4S/c1-13-10-15(4-9-19(13)26-12-32(29)30)14(2)27-20(28)18-11-21(18,3)16-5-7-17(8-6-16)31-22(23,24)25/h4-10,14,18,26H,11-12H2,1-3H3,(H,27,28)(H,29,30)/p-1/t14-,18?,21?/m1/s1. The molecule has 4 atom stereocenters. The summed E-state index contributed by atoms with van der Waals surface area (Å²) < 4.78 is 62.3. The lowest BCUT2D eigenvalue weighted by molar-refractivity contribution is -0.274. The third-order valence-electron chi connectivity index (χ3n) is 5.79. The van der Waals surface area contributed by atoms with Gasteiger partial charge in [0.1, 0.15) is 5.75 Å². The van der Waals surface area contributed by atoms with Crippen molar-refractivity contribution in [2.75, 3.05) is 11.2 Å². The van der Waals surface area contributed by atoms with Gasteiger partial charge in [-0.25, -0.2) is 0 Å². The third kappa shape index (κ3) is 5.80. The van der Waals surface area contributed by atoms with Gasteiger partial charge in [0.25, 0.3) is 0 Å². The average molecular weight is 470 g/mol. The van der Waals surface area contributed by atoms with Crippen LogP contribution in [0.15, 0.2) is 42.5 Å². The van der Waals surface area contributed by atoms with Crippen molar-refractivity contribution in [3.63, 3.8) is 0 Å². The molecule has 6 nitrogen and oxygen atoms in total. The highest BCUT2D eigenvalue weighted by molar-refractivity contribution is 7.79. The SMILES string of the molecule is Cc1cc([C@@H](C)NC(=O)C2CC2(C)c2ccc(OC(F)(F)F)cc2)ccc1NCS(=O)[O-]. The van der Waals surface area contributed by atoms with Crippen LogP contribution in [0.4, 0.5) is 18.9 Å². The quantitative estimate of drug-likeness (QED) is 0.563. The molecule has 0 aliphatic heterocycles. The van der Waals surface area contributed by atoms with Gasteiger partial charge in [-0.15, -0.1) is 13.2 Å². The summed E-state index contributed by atoms with van der Waals surface area (Å²) in [7, 11) is 0. The smallest absolute Gasteiger partial charge is 0.573 e. The Bertz CT molecular complexity index is 1010. The summed E-state index contributed by atoms with van der Waals surface area (Å²) in [4.78, 5) is 12.8. The number of anilines is 1. The monoisotopic (exact) mass is 469 g/mol. The molecule has 0 aromatic heterocycles. The van der Waals surface area contributed by atoms with E-state index in [0.717, 1.165) is 16.7 Å². The minimum absolute atomic E-state index is 0.128. The van der Waals surface area contributed by atoms with Crippen LogP contribution < -0.4 is 15.4 Å². The Balaban J connectivity index is 1.60. The molecule has 1 amide bonds. The van der Waals surface area contributed by atoms with Gasteiger partial charge in [0.2, 0.25) is 5.91 Å². The Morgan fingerprint density at radius 3 is 2.50 bits per heavy atom. The summed E-state index contributed by atoms with van der Waals surface area (Å²) >= 11 is -2.20. The first kappa shape index (κ1) is 24.1. The predicted molar refractivity (Wildman–Crippen MR) is 114 cm³/mol. The first-order chi connectivity index (χ1) is 14.9. The third-order valence-corrected chi connectivity index (χ3v) is 6.17. The predicted octanol–water partition coefficient (Wildman–Crippen LogP) is 4.30. The molecule has 1 aliphatic carbocycles. The molecule has 0 heterocycles. The number of hydrogen-bond acceptors (Lipinski definition) is 5. The van der Waals surface area contributed by atoms with Gasteiger partial charge in [0.15, 0.2) is 0 Å². The van der Waals surface area contributed by atoms with Gasteiger partial charge in [0.05, 0.1) is 11.9 Å². The lowest BCUT2D eigenvalue weighted by Crippen LogP contribution is -2.30. The van der Waals surface area contributed by atoms with Crippen molar-refractivity contribution in [1.29, 1.82) is 0 Å². The number of hydrogen-bond donors (Lipinski definition) is 2. The van der Waals surface area contributed by atoms with Crippen molar-refractivity contribution in [3.8, 4) is 5.75 Å². The van der Waals surface area contributed by atoms with Gasteiger partial charge in [-0.3, -0.25) is 9.00 Å². The lowest BCUT2D eigenvalue weighted by Gasteiger charge is -2.19. The van der Waals surface area contributed by atoms with Gasteiger partial charge >= 0.3 is 6.36 Å². The molecule has 10 heteroatoms. The number of aryl methyl sites for hydroxylation is 1. The largest absolute Gasteiger partial charge is 0.771 e. The summed E-state index contributed by atoms with van der Waals surface area (Å²) in [6, 6.07) is 10.8. The van der Waals surface area contributed by atoms with Crippen molar-refractivity contribution in [2.24, 2.45) is 5.92 Å². The first-order valence-electron chi connectivity index (χ1n) is 9.96. The summed E-state index contributed by atoms with van der Waals surface area (Å²) in [5, 5.41) is 5.81. The first-order valence-corrected chi connectivity index (χ1v) is 11.2. The van der Waals surface area contributed by atoms with E-state index in [0.29, 0.717) is 12.1 Å². The van der Waals surface area contributed by atoms with Crippen LogP contribution in [0, 0.1) is 12.8 Å². The molecule has 1 fully saturated rings. The number of ether oxygens (including phenoxy) is 1. The van der Waals surface area contributed by atoms with E-state index in [4.69, 9.17) is 0 Å². The fourth-order valence-electron chi connectivity index (χ4n) is 3.79. The van der Waals surface area contributed by atoms with Gasteiger partial charge in [-0.2, -0.15) is 0 Å². The highest BCUT2D eigenvalue weighted by Crippen LogP contribution is 2.54. The molecule has 2 aromatic carbocycles. The molecule has 0 bridgehead atoms. The van der Waals surface area contributed by atoms with Crippen LogP contribution in [0.25, 0.3) is 0 Å². The fraction of sp³-hybridized carbons (Fsp3) is 0.409. The molecule has 3 unspecified atom stereocenters. The zero-order chi connectivity index (χ0) is 23.7. The van der Waals surface area contributed by atoms with Crippen LogP contribution in [0.3, 0.4) is 0 Å².